The second kappa shape index (κ2) is 6.48. The molecule has 9 heteroatoms. The summed E-state index contributed by atoms with van der Waals surface area (Å²) in [6, 6.07) is 9.58. The Morgan fingerprint density at radius 2 is 2.30 bits per heavy atom. The maximum absolute atomic E-state index is 9.13. The lowest BCUT2D eigenvalue weighted by Gasteiger charge is -2.03. The summed E-state index contributed by atoms with van der Waals surface area (Å²) in [7, 11) is 0. The Morgan fingerprint density at radius 1 is 1.39 bits per heavy atom. The van der Waals surface area contributed by atoms with Gasteiger partial charge in [0.05, 0.1) is 0 Å². The summed E-state index contributed by atoms with van der Waals surface area (Å²) in [6.45, 7) is 2.01. The number of allylic oxidation sites excluding steroid dienone is 1. The first-order valence-electron chi connectivity index (χ1n) is 6.92. The first-order chi connectivity index (χ1) is 11.3. The van der Waals surface area contributed by atoms with E-state index in [1.807, 2.05) is 37.3 Å². The van der Waals surface area contributed by atoms with E-state index in [9.17, 15) is 0 Å². The van der Waals surface area contributed by atoms with Crippen molar-refractivity contribution in [3.63, 3.8) is 0 Å². The molecule has 0 aliphatic heterocycles. The van der Waals surface area contributed by atoms with E-state index in [0.29, 0.717) is 5.82 Å². The van der Waals surface area contributed by atoms with E-state index in [1.54, 1.807) is 0 Å². The zero-order chi connectivity index (χ0) is 16.1. The molecule has 9 nitrogen and oxygen atoms in total. The molecular weight excluding hydrogens is 294 g/mol. The van der Waals surface area contributed by atoms with Crippen LogP contribution in [0.3, 0.4) is 0 Å². The van der Waals surface area contributed by atoms with E-state index in [4.69, 9.17) is 5.26 Å². The lowest BCUT2D eigenvalue weighted by atomic mass is 10.2. The van der Waals surface area contributed by atoms with Crippen LogP contribution in [0, 0.1) is 11.3 Å². The standard InChI is InChI=1S/C14H13N9/c1-2-12-17-13(19-18-12)9-4-3-5-11(6-9)16-8-10(7-15)14-20-22-23-21-14/h3-6,8,16H,2H2,1H3,(H,17,18,19)(H,20,21,22,23). The zero-order valence-corrected chi connectivity index (χ0v) is 12.3. The first kappa shape index (κ1) is 14.4. The van der Waals surface area contributed by atoms with Gasteiger partial charge in [-0.1, -0.05) is 19.1 Å². The van der Waals surface area contributed by atoms with Crippen LogP contribution in [-0.4, -0.2) is 35.8 Å². The SMILES string of the molecule is CCc1nc(-c2cccc(NC=C(C#N)c3nn[nH]n3)c2)n[nH]1. The highest BCUT2D eigenvalue weighted by Gasteiger charge is 2.07. The largest absolute Gasteiger partial charge is 0.360 e. The molecule has 0 saturated carbocycles. The number of hydrogen-bond acceptors (Lipinski definition) is 7. The molecule has 0 atom stereocenters. The van der Waals surface area contributed by atoms with Gasteiger partial charge in [0, 0.05) is 23.9 Å². The number of hydrogen-bond donors (Lipinski definition) is 3. The monoisotopic (exact) mass is 307 g/mol. The van der Waals surface area contributed by atoms with Crippen molar-refractivity contribution in [2.24, 2.45) is 0 Å². The average molecular weight is 307 g/mol. The molecule has 0 bridgehead atoms. The molecule has 1 aromatic carbocycles. The van der Waals surface area contributed by atoms with Crippen molar-refractivity contribution >= 4 is 11.3 Å². The predicted octanol–water partition coefficient (Wildman–Crippen LogP) is 1.52. The first-order valence-corrected chi connectivity index (χ1v) is 6.92. The molecule has 2 heterocycles. The Labute approximate surface area is 131 Å². The fourth-order valence-corrected chi connectivity index (χ4v) is 1.91. The number of aromatic amines is 2. The molecule has 3 N–H and O–H groups in total. The minimum Gasteiger partial charge on any atom is -0.360 e. The number of aryl methyl sites for hydroxylation is 1. The van der Waals surface area contributed by atoms with Crippen molar-refractivity contribution in [3.05, 3.63) is 42.1 Å². The fraction of sp³-hybridized carbons (Fsp3) is 0.143. The van der Waals surface area contributed by atoms with Crippen LogP contribution in [-0.2, 0) is 6.42 Å². The second-order valence-electron chi connectivity index (χ2n) is 4.59. The molecule has 0 radical (unpaired) electrons. The van der Waals surface area contributed by atoms with E-state index in [0.717, 1.165) is 23.5 Å². The molecule has 2 aromatic heterocycles. The third-order valence-electron chi connectivity index (χ3n) is 3.08. The molecule has 0 saturated heterocycles. The summed E-state index contributed by atoms with van der Waals surface area (Å²) in [5.41, 5.74) is 1.94. The predicted molar refractivity (Wildman–Crippen MR) is 82.6 cm³/mol. The number of anilines is 1. The molecule has 114 valence electrons. The van der Waals surface area contributed by atoms with Crippen LogP contribution in [0.15, 0.2) is 30.5 Å². The number of rotatable bonds is 5. The van der Waals surface area contributed by atoms with Gasteiger partial charge in [-0.25, -0.2) is 4.98 Å². The van der Waals surface area contributed by atoms with E-state index >= 15 is 0 Å². The van der Waals surface area contributed by atoms with Gasteiger partial charge >= 0.3 is 0 Å². The van der Waals surface area contributed by atoms with Gasteiger partial charge in [-0.2, -0.15) is 15.6 Å². The molecule has 3 aromatic rings. The number of benzene rings is 1. The van der Waals surface area contributed by atoms with Gasteiger partial charge in [0.25, 0.3) is 0 Å². The van der Waals surface area contributed by atoms with Gasteiger partial charge in [-0.05, 0) is 17.3 Å². The van der Waals surface area contributed by atoms with Gasteiger partial charge in [-0.3, -0.25) is 5.10 Å². The van der Waals surface area contributed by atoms with Crippen LogP contribution in [0.1, 0.15) is 18.6 Å². The number of aromatic nitrogens is 7. The molecule has 0 fully saturated rings. The van der Waals surface area contributed by atoms with Crippen molar-refractivity contribution in [1.82, 2.24) is 35.8 Å². The summed E-state index contributed by atoms with van der Waals surface area (Å²) in [5.74, 6) is 1.70. The maximum atomic E-state index is 9.13. The number of H-pyrrole nitrogens is 2. The summed E-state index contributed by atoms with van der Waals surface area (Å²) < 4.78 is 0. The van der Waals surface area contributed by atoms with Crippen molar-refractivity contribution in [3.8, 4) is 17.5 Å². The molecule has 3 rings (SSSR count). The van der Waals surface area contributed by atoms with Gasteiger partial charge in [0.15, 0.2) is 5.82 Å². The van der Waals surface area contributed by atoms with Crippen molar-refractivity contribution in [2.75, 3.05) is 5.32 Å². The summed E-state index contributed by atoms with van der Waals surface area (Å²) in [4.78, 5) is 4.40. The Kier molecular flexibility index (Phi) is 4.06. The molecular formula is C14H13N9. The van der Waals surface area contributed by atoms with Crippen LogP contribution in [0.2, 0.25) is 0 Å². The third-order valence-corrected chi connectivity index (χ3v) is 3.08. The van der Waals surface area contributed by atoms with Gasteiger partial charge < -0.3 is 5.32 Å². The number of nitrogens with one attached hydrogen (secondary N) is 3. The Bertz CT molecular complexity index is 855. The summed E-state index contributed by atoms with van der Waals surface area (Å²) in [6.07, 6.45) is 2.32. The Morgan fingerprint density at radius 3 is 3.00 bits per heavy atom. The van der Waals surface area contributed by atoms with Crippen LogP contribution in [0.4, 0.5) is 5.69 Å². The molecule has 0 spiro atoms. The maximum Gasteiger partial charge on any atom is 0.216 e. The number of nitriles is 1. The third kappa shape index (κ3) is 3.21. The van der Waals surface area contributed by atoms with Gasteiger partial charge in [-0.15, -0.1) is 10.2 Å². The second-order valence-corrected chi connectivity index (χ2v) is 4.59. The lowest BCUT2D eigenvalue weighted by Crippen LogP contribution is -1.93. The average Bonchev–Trinajstić information content (AvgIpc) is 3.27. The highest BCUT2D eigenvalue weighted by molar-refractivity contribution is 5.74. The molecule has 0 aliphatic rings. The molecule has 23 heavy (non-hydrogen) atoms. The number of nitrogens with zero attached hydrogens (tertiary/aromatic N) is 6. The van der Waals surface area contributed by atoms with Crippen LogP contribution < -0.4 is 5.32 Å². The zero-order valence-electron chi connectivity index (χ0n) is 12.3. The van der Waals surface area contributed by atoms with Crippen LogP contribution >= 0.6 is 0 Å². The lowest BCUT2D eigenvalue weighted by molar-refractivity contribution is 0.881. The van der Waals surface area contributed by atoms with Crippen LogP contribution in [0.5, 0.6) is 0 Å². The van der Waals surface area contributed by atoms with Gasteiger partial charge in [0.2, 0.25) is 5.82 Å². The quantitative estimate of drug-likeness (QED) is 0.609. The summed E-state index contributed by atoms with van der Waals surface area (Å²) in [5, 5.41) is 32.5. The van der Waals surface area contributed by atoms with Crippen molar-refractivity contribution < 1.29 is 0 Å². The van der Waals surface area contributed by atoms with Crippen LogP contribution in [0.25, 0.3) is 17.0 Å². The van der Waals surface area contributed by atoms with Crippen molar-refractivity contribution in [1.29, 1.82) is 5.26 Å². The van der Waals surface area contributed by atoms with E-state index < -0.39 is 0 Å². The minimum absolute atomic E-state index is 0.234. The fourth-order valence-electron chi connectivity index (χ4n) is 1.91. The van der Waals surface area contributed by atoms with E-state index in [-0.39, 0.29) is 11.4 Å². The minimum atomic E-state index is 0.234. The normalized spacial score (nSPS) is 11.2. The number of tetrazole rings is 1. The van der Waals surface area contributed by atoms with E-state index in [1.165, 1.54) is 6.20 Å². The molecule has 0 aliphatic carbocycles. The smallest absolute Gasteiger partial charge is 0.216 e. The highest BCUT2D eigenvalue weighted by atomic mass is 15.5. The van der Waals surface area contributed by atoms with Crippen molar-refractivity contribution in [2.45, 2.75) is 13.3 Å². The topological polar surface area (TPSA) is 132 Å². The van der Waals surface area contributed by atoms with E-state index in [2.05, 4.69) is 41.1 Å². The highest BCUT2D eigenvalue weighted by Crippen LogP contribution is 2.20. The molecule has 0 unspecified atom stereocenters. The Hall–Kier alpha value is -3.54. The molecule has 0 amide bonds. The Balaban J connectivity index is 1.81. The van der Waals surface area contributed by atoms with Gasteiger partial charge in [0.1, 0.15) is 17.5 Å². The summed E-state index contributed by atoms with van der Waals surface area (Å²) >= 11 is 0.